The lowest BCUT2D eigenvalue weighted by atomic mass is 10.2. The molecule has 5 heteroatoms. The van der Waals surface area contributed by atoms with Gasteiger partial charge >= 0.3 is 0 Å². The molecule has 0 amide bonds. The Balaban J connectivity index is 4.30. The molecule has 1 unspecified atom stereocenters. The average molecular weight is 250 g/mol. The Bertz CT molecular complexity index is 272. The van der Waals surface area contributed by atoms with E-state index in [1.165, 1.54) is 0 Å². The Labute approximate surface area is 100 Å². The molecule has 0 aliphatic carbocycles. The highest BCUT2D eigenvalue weighted by atomic mass is 32.2. The van der Waals surface area contributed by atoms with E-state index in [9.17, 15) is 8.42 Å². The lowest BCUT2D eigenvalue weighted by Gasteiger charge is -2.20. The van der Waals surface area contributed by atoms with Gasteiger partial charge in [0.25, 0.3) is 0 Å². The molecule has 0 aliphatic heterocycles. The number of hydrogen-bond acceptors (Lipinski definition) is 3. The molecule has 2 N–H and O–H groups in total. The number of rotatable bonds is 8. The summed E-state index contributed by atoms with van der Waals surface area (Å²) in [6, 6.07) is 0.372. The largest absolute Gasteiger partial charge is 0.313 e. The van der Waals surface area contributed by atoms with Crippen LogP contribution in [-0.2, 0) is 10.0 Å². The SMILES string of the molecule is CCC(CC)NS(=O)(=O)C(C)CNC(C)C. The maximum absolute atomic E-state index is 11.9. The quantitative estimate of drug-likeness (QED) is 0.686. The van der Waals surface area contributed by atoms with Gasteiger partial charge in [0.15, 0.2) is 0 Å². The van der Waals surface area contributed by atoms with Crippen LogP contribution in [0.4, 0.5) is 0 Å². The van der Waals surface area contributed by atoms with Crippen molar-refractivity contribution in [3.63, 3.8) is 0 Å². The van der Waals surface area contributed by atoms with E-state index in [1.54, 1.807) is 6.92 Å². The Morgan fingerprint density at radius 2 is 1.56 bits per heavy atom. The first kappa shape index (κ1) is 15.9. The molecule has 0 saturated heterocycles. The molecule has 0 saturated carbocycles. The fourth-order valence-corrected chi connectivity index (χ4v) is 2.66. The van der Waals surface area contributed by atoms with Crippen LogP contribution in [0.15, 0.2) is 0 Å². The Kier molecular flexibility index (Phi) is 7.19. The number of sulfonamides is 1. The summed E-state index contributed by atoms with van der Waals surface area (Å²) in [4.78, 5) is 0. The third-order valence-corrected chi connectivity index (χ3v) is 4.55. The van der Waals surface area contributed by atoms with Gasteiger partial charge in [0.2, 0.25) is 10.0 Å². The Hall–Kier alpha value is -0.130. The van der Waals surface area contributed by atoms with Crippen LogP contribution in [0.2, 0.25) is 0 Å². The second-order valence-corrected chi connectivity index (χ2v) is 6.68. The second kappa shape index (κ2) is 7.25. The first-order chi connectivity index (χ1) is 7.33. The molecule has 98 valence electrons. The molecule has 0 rings (SSSR count). The molecule has 0 heterocycles. The fourth-order valence-electron chi connectivity index (χ4n) is 1.32. The molecule has 0 aliphatic rings. The highest BCUT2D eigenvalue weighted by Gasteiger charge is 2.22. The van der Waals surface area contributed by atoms with Crippen LogP contribution in [0.3, 0.4) is 0 Å². The smallest absolute Gasteiger partial charge is 0.215 e. The molecular formula is C11H26N2O2S. The summed E-state index contributed by atoms with van der Waals surface area (Å²) in [6.07, 6.45) is 1.67. The number of nitrogens with one attached hydrogen (secondary N) is 2. The molecule has 1 atom stereocenters. The maximum atomic E-state index is 11.9. The molecule has 0 fully saturated rings. The molecule has 4 nitrogen and oxygen atoms in total. The normalized spacial score (nSPS) is 14.7. The van der Waals surface area contributed by atoms with Crippen molar-refractivity contribution in [2.75, 3.05) is 6.54 Å². The van der Waals surface area contributed by atoms with Gasteiger partial charge < -0.3 is 5.32 Å². The van der Waals surface area contributed by atoms with Gasteiger partial charge in [0.05, 0.1) is 5.25 Å². The molecule has 16 heavy (non-hydrogen) atoms. The van der Waals surface area contributed by atoms with Crippen molar-refractivity contribution in [2.45, 2.75) is 64.8 Å². The van der Waals surface area contributed by atoms with Gasteiger partial charge in [-0.3, -0.25) is 0 Å². The van der Waals surface area contributed by atoms with Crippen LogP contribution in [0.5, 0.6) is 0 Å². The van der Waals surface area contributed by atoms with Crippen LogP contribution in [0.25, 0.3) is 0 Å². The van der Waals surface area contributed by atoms with Gasteiger partial charge in [-0.2, -0.15) is 0 Å². The van der Waals surface area contributed by atoms with Crippen molar-refractivity contribution in [1.82, 2.24) is 10.0 Å². The molecule has 0 spiro atoms. The molecular weight excluding hydrogens is 224 g/mol. The molecule has 0 radical (unpaired) electrons. The Morgan fingerprint density at radius 3 is 1.94 bits per heavy atom. The summed E-state index contributed by atoms with van der Waals surface area (Å²) in [6.45, 7) is 10.2. The van der Waals surface area contributed by atoms with E-state index in [-0.39, 0.29) is 6.04 Å². The summed E-state index contributed by atoms with van der Waals surface area (Å²) >= 11 is 0. The summed E-state index contributed by atoms with van der Waals surface area (Å²) in [5.74, 6) is 0. The van der Waals surface area contributed by atoms with Crippen LogP contribution in [-0.4, -0.2) is 32.3 Å². The summed E-state index contributed by atoms with van der Waals surface area (Å²) in [5.41, 5.74) is 0. The van der Waals surface area contributed by atoms with Gasteiger partial charge in [0, 0.05) is 18.6 Å². The first-order valence-corrected chi connectivity index (χ1v) is 7.62. The van der Waals surface area contributed by atoms with E-state index in [1.807, 2.05) is 27.7 Å². The summed E-state index contributed by atoms with van der Waals surface area (Å²) in [7, 11) is -3.19. The summed E-state index contributed by atoms with van der Waals surface area (Å²) in [5, 5.41) is 2.75. The summed E-state index contributed by atoms with van der Waals surface area (Å²) < 4.78 is 26.6. The lowest BCUT2D eigenvalue weighted by molar-refractivity contribution is 0.509. The van der Waals surface area contributed by atoms with E-state index in [0.29, 0.717) is 12.6 Å². The topological polar surface area (TPSA) is 58.2 Å². The average Bonchev–Trinajstić information content (AvgIpc) is 2.22. The zero-order valence-electron chi connectivity index (χ0n) is 11.1. The van der Waals surface area contributed by atoms with Crippen molar-refractivity contribution < 1.29 is 8.42 Å². The number of hydrogen-bond donors (Lipinski definition) is 2. The van der Waals surface area contributed by atoms with E-state index in [0.717, 1.165) is 12.8 Å². The molecule has 0 aromatic rings. The van der Waals surface area contributed by atoms with Crippen LogP contribution in [0, 0.1) is 0 Å². The highest BCUT2D eigenvalue weighted by Crippen LogP contribution is 2.04. The highest BCUT2D eigenvalue weighted by molar-refractivity contribution is 7.90. The molecule has 0 aromatic heterocycles. The van der Waals surface area contributed by atoms with E-state index < -0.39 is 15.3 Å². The van der Waals surface area contributed by atoms with Crippen molar-refractivity contribution in [2.24, 2.45) is 0 Å². The zero-order valence-corrected chi connectivity index (χ0v) is 11.9. The predicted molar refractivity (Wildman–Crippen MR) is 69.0 cm³/mol. The fraction of sp³-hybridized carbons (Fsp3) is 1.00. The maximum Gasteiger partial charge on any atom is 0.215 e. The Morgan fingerprint density at radius 1 is 1.06 bits per heavy atom. The second-order valence-electron chi connectivity index (χ2n) is 4.55. The van der Waals surface area contributed by atoms with Gasteiger partial charge in [0.1, 0.15) is 0 Å². The van der Waals surface area contributed by atoms with Crippen LogP contribution in [0.1, 0.15) is 47.5 Å². The van der Waals surface area contributed by atoms with Gasteiger partial charge in [-0.15, -0.1) is 0 Å². The standard InChI is InChI=1S/C11H26N2O2S/c1-6-11(7-2)13-16(14,15)10(5)8-12-9(3)4/h9-13H,6-8H2,1-5H3. The monoisotopic (exact) mass is 250 g/mol. The van der Waals surface area contributed by atoms with Crippen LogP contribution < -0.4 is 10.0 Å². The molecule has 0 aromatic carbocycles. The van der Waals surface area contributed by atoms with Gasteiger partial charge in [-0.05, 0) is 19.8 Å². The zero-order chi connectivity index (χ0) is 12.8. The van der Waals surface area contributed by atoms with Gasteiger partial charge in [-0.1, -0.05) is 27.7 Å². The van der Waals surface area contributed by atoms with Gasteiger partial charge in [-0.25, -0.2) is 13.1 Å². The van der Waals surface area contributed by atoms with Crippen molar-refractivity contribution in [3.8, 4) is 0 Å². The minimum atomic E-state index is -3.19. The van der Waals surface area contributed by atoms with Crippen molar-refractivity contribution >= 4 is 10.0 Å². The first-order valence-electron chi connectivity index (χ1n) is 6.08. The van der Waals surface area contributed by atoms with E-state index in [4.69, 9.17) is 0 Å². The third kappa shape index (κ3) is 5.82. The minimum absolute atomic E-state index is 0.0616. The minimum Gasteiger partial charge on any atom is -0.313 e. The van der Waals surface area contributed by atoms with E-state index >= 15 is 0 Å². The van der Waals surface area contributed by atoms with E-state index in [2.05, 4.69) is 10.0 Å². The van der Waals surface area contributed by atoms with Crippen molar-refractivity contribution in [3.05, 3.63) is 0 Å². The third-order valence-electron chi connectivity index (χ3n) is 2.66. The molecule has 0 bridgehead atoms. The van der Waals surface area contributed by atoms with Crippen LogP contribution >= 0.6 is 0 Å². The predicted octanol–water partition coefficient (Wildman–Crippen LogP) is 1.48. The van der Waals surface area contributed by atoms with Crippen molar-refractivity contribution in [1.29, 1.82) is 0 Å². The lowest BCUT2D eigenvalue weighted by Crippen LogP contribution is -2.44.